The van der Waals surface area contributed by atoms with Crippen molar-refractivity contribution in [3.8, 4) is 0 Å². The molecular weight excluding hydrogens is 423 g/mol. The van der Waals surface area contributed by atoms with Crippen LogP contribution in [0.25, 0.3) is 0 Å². The molecule has 3 nitrogen and oxygen atoms in total. The van der Waals surface area contributed by atoms with Gasteiger partial charge in [0, 0.05) is 31.4 Å². The predicted octanol–water partition coefficient (Wildman–Crippen LogP) is 6.70. The Kier molecular flexibility index (Phi) is 12.7. The van der Waals surface area contributed by atoms with E-state index < -0.39 is 43.5 Å². The highest BCUT2D eigenvalue weighted by Crippen LogP contribution is 2.25. The normalized spacial score (nSPS) is 12.0. The Balaban J connectivity index is 2.59. The molecule has 1 aromatic rings. The zero-order chi connectivity index (χ0) is 22.6. The Morgan fingerprint density at radius 3 is 1.40 bits per heavy atom. The zero-order valence-electron chi connectivity index (χ0n) is 18.1. The summed E-state index contributed by atoms with van der Waals surface area (Å²) in [5.41, 5.74) is -0.751. The highest BCUT2D eigenvalue weighted by atomic mass is 28.4. The van der Waals surface area contributed by atoms with Crippen LogP contribution in [0.2, 0.25) is 6.04 Å². The summed E-state index contributed by atoms with van der Waals surface area (Å²) in [5, 5.41) is 0. The van der Waals surface area contributed by atoms with Crippen molar-refractivity contribution in [2.24, 2.45) is 0 Å². The fourth-order valence-corrected chi connectivity index (χ4v) is 5.89. The fraction of sp³-hybridized carbons (Fsp3) is 0.714. The van der Waals surface area contributed by atoms with Crippen molar-refractivity contribution in [2.45, 2.75) is 78.2 Å². The molecule has 0 atom stereocenters. The molecule has 0 saturated heterocycles. The molecule has 9 heteroatoms. The van der Waals surface area contributed by atoms with Crippen molar-refractivity contribution in [1.82, 2.24) is 0 Å². The smallest absolute Gasteiger partial charge is 0.373 e. The van der Waals surface area contributed by atoms with Gasteiger partial charge in [-0.1, -0.05) is 33.6 Å². The van der Waals surface area contributed by atoms with Crippen molar-refractivity contribution in [2.75, 3.05) is 19.8 Å². The molecule has 0 amide bonds. The molecule has 0 unspecified atom stereocenters. The molecule has 0 radical (unpaired) electrons. The van der Waals surface area contributed by atoms with Crippen LogP contribution in [0.15, 0.2) is 0 Å². The zero-order valence-corrected chi connectivity index (χ0v) is 19.1. The molecule has 0 aliphatic rings. The van der Waals surface area contributed by atoms with Crippen LogP contribution in [0.1, 0.15) is 71.3 Å². The van der Waals surface area contributed by atoms with Crippen LogP contribution in [-0.4, -0.2) is 28.6 Å². The van der Waals surface area contributed by atoms with Gasteiger partial charge in [-0.3, -0.25) is 0 Å². The van der Waals surface area contributed by atoms with E-state index in [9.17, 15) is 22.0 Å². The highest BCUT2D eigenvalue weighted by molar-refractivity contribution is 6.60. The first-order chi connectivity index (χ1) is 14.3. The van der Waals surface area contributed by atoms with E-state index in [0.29, 0.717) is 45.1 Å². The van der Waals surface area contributed by atoms with Crippen LogP contribution in [0, 0.1) is 29.1 Å². The second-order valence-corrected chi connectivity index (χ2v) is 9.92. The quantitative estimate of drug-likeness (QED) is 0.0910. The van der Waals surface area contributed by atoms with Crippen LogP contribution in [0.4, 0.5) is 22.0 Å². The van der Waals surface area contributed by atoms with Gasteiger partial charge in [-0.15, -0.1) is 0 Å². The lowest BCUT2D eigenvalue weighted by atomic mass is 10.0. The second kappa shape index (κ2) is 14.1. The van der Waals surface area contributed by atoms with Gasteiger partial charge in [0.2, 0.25) is 5.82 Å². The molecule has 174 valence electrons. The molecule has 0 saturated carbocycles. The monoisotopic (exact) mass is 456 g/mol. The third kappa shape index (κ3) is 7.90. The van der Waals surface area contributed by atoms with Crippen molar-refractivity contribution in [1.29, 1.82) is 0 Å². The maximum atomic E-state index is 13.7. The van der Waals surface area contributed by atoms with E-state index in [2.05, 4.69) is 0 Å². The number of benzene rings is 1. The average Bonchev–Trinajstić information content (AvgIpc) is 2.75. The standard InChI is InChI=1S/C21H33F5O3Si/c1-4-12-27-30(28-13-5-2,29-14-6-3)15-10-8-7-9-11-16-17(22)19(24)21(26)20(25)18(16)23/h4-15H2,1-3H3. The topological polar surface area (TPSA) is 27.7 Å². The van der Waals surface area contributed by atoms with Gasteiger partial charge < -0.3 is 13.3 Å². The molecule has 0 fully saturated rings. The first-order valence-electron chi connectivity index (χ1n) is 10.8. The van der Waals surface area contributed by atoms with Crippen LogP contribution in [0.5, 0.6) is 0 Å². The molecule has 0 N–H and O–H groups in total. The summed E-state index contributed by atoms with van der Waals surface area (Å²) in [6, 6.07) is 0.634. The largest absolute Gasteiger partial charge is 0.500 e. The van der Waals surface area contributed by atoms with Crippen molar-refractivity contribution in [3.63, 3.8) is 0 Å². The Bertz CT molecular complexity index is 595. The minimum Gasteiger partial charge on any atom is -0.373 e. The molecule has 0 bridgehead atoms. The second-order valence-electron chi connectivity index (χ2n) is 7.19. The SMILES string of the molecule is CCCO[Si](CCCCCCc1c(F)c(F)c(F)c(F)c1F)(OCCC)OCCC. The Morgan fingerprint density at radius 2 is 0.967 bits per heavy atom. The maximum absolute atomic E-state index is 13.7. The van der Waals surface area contributed by atoms with E-state index in [4.69, 9.17) is 13.3 Å². The summed E-state index contributed by atoms with van der Waals surface area (Å²) in [4.78, 5) is 0. The molecule has 1 rings (SSSR count). The maximum Gasteiger partial charge on any atom is 0.500 e. The average molecular weight is 457 g/mol. The minimum absolute atomic E-state index is 0.209. The summed E-state index contributed by atoms with van der Waals surface area (Å²) in [6.45, 7) is 7.70. The lowest BCUT2D eigenvalue weighted by Gasteiger charge is -2.29. The van der Waals surface area contributed by atoms with Gasteiger partial charge in [-0.2, -0.15) is 0 Å². The van der Waals surface area contributed by atoms with E-state index in [1.807, 2.05) is 20.8 Å². The van der Waals surface area contributed by atoms with E-state index in [0.717, 1.165) is 25.7 Å². The molecule has 0 aliphatic heterocycles. The Morgan fingerprint density at radius 1 is 0.567 bits per heavy atom. The van der Waals surface area contributed by atoms with Crippen LogP contribution in [0.3, 0.4) is 0 Å². The number of rotatable bonds is 16. The molecule has 1 aromatic carbocycles. The lowest BCUT2D eigenvalue weighted by Crippen LogP contribution is -2.46. The number of halogens is 5. The predicted molar refractivity (Wildman–Crippen MR) is 108 cm³/mol. The third-order valence-electron chi connectivity index (χ3n) is 4.54. The molecule has 0 heterocycles. The van der Waals surface area contributed by atoms with Gasteiger partial charge in [0.15, 0.2) is 23.3 Å². The van der Waals surface area contributed by atoms with Crippen LogP contribution >= 0.6 is 0 Å². The van der Waals surface area contributed by atoms with Gasteiger partial charge in [0.1, 0.15) is 0 Å². The van der Waals surface area contributed by atoms with E-state index in [1.165, 1.54) is 0 Å². The van der Waals surface area contributed by atoms with Gasteiger partial charge in [0.25, 0.3) is 0 Å². The summed E-state index contributed by atoms with van der Waals surface area (Å²) in [7, 11) is -2.78. The van der Waals surface area contributed by atoms with E-state index >= 15 is 0 Å². The van der Waals surface area contributed by atoms with E-state index in [1.54, 1.807) is 0 Å². The first kappa shape index (κ1) is 27.0. The minimum atomic E-state index is -2.78. The first-order valence-corrected chi connectivity index (χ1v) is 12.7. The molecule has 0 aliphatic carbocycles. The number of unbranched alkanes of at least 4 members (excludes halogenated alkanes) is 3. The summed E-state index contributed by atoms with van der Waals surface area (Å²) >= 11 is 0. The van der Waals surface area contributed by atoms with E-state index in [-0.39, 0.29) is 6.42 Å². The summed E-state index contributed by atoms with van der Waals surface area (Å²) < 4.78 is 85.1. The Labute approximate surface area is 177 Å². The van der Waals surface area contributed by atoms with Crippen LogP contribution < -0.4 is 0 Å². The molecule has 0 spiro atoms. The van der Waals surface area contributed by atoms with Gasteiger partial charge in [-0.05, 0) is 38.5 Å². The number of hydrogen-bond donors (Lipinski definition) is 0. The molecule has 30 heavy (non-hydrogen) atoms. The summed E-state index contributed by atoms with van der Waals surface area (Å²) in [5.74, 6) is -9.40. The lowest BCUT2D eigenvalue weighted by molar-refractivity contribution is 0.0586. The van der Waals surface area contributed by atoms with Gasteiger partial charge >= 0.3 is 8.80 Å². The fourth-order valence-electron chi connectivity index (χ4n) is 2.98. The van der Waals surface area contributed by atoms with Crippen molar-refractivity contribution >= 4 is 8.80 Å². The molecular formula is C21H33F5O3Si. The van der Waals surface area contributed by atoms with Crippen molar-refractivity contribution in [3.05, 3.63) is 34.6 Å². The van der Waals surface area contributed by atoms with Crippen molar-refractivity contribution < 1.29 is 35.2 Å². The van der Waals surface area contributed by atoms with Gasteiger partial charge in [0.05, 0.1) is 0 Å². The van der Waals surface area contributed by atoms with Gasteiger partial charge in [-0.25, -0.2) is 22.0 Å². The number of hydrogen-bond acceptors (Lipinski definition) is 3. The third-order valence-corrected chi connectivity index (χ3v) is 7.44. The Hall–Kier alpha value is -1.03. The molecule has 0 aromatic heterocycles. The summed E-state index contributed by atoms with van der Waals surface area (Å²) in [6.07, 6.45) is 4.68. The highest BCUT2D eigenvalue weighted by Gasteiger charge is 2.40. The van der Waals surface area contributed by atoms with Crippen LogP contribution in [-0.2, 0) is 19.7 Å².